The summed E-state index contributed by atoms with van der Waals surface area (Å²) >= 11 is 3.46. The Bertz CT molecular complexity index is 312. The first-order valence-corrected chi connectivity index (χ1v) is 5.01. The number of benzene rings is 1. The van der Waals surface area contributed by atoms with Crippen LogP contribution in [0.5, 0.6) is 0 Å². The molecule has 0 radical (unpaired) electrons. The molecule has 0 saturated heterocycles. The number of nitrogens with two attached hydrogens (primary N) is 1. The van der Waals surface area contributed by atoms with Gasteiger partial charge in [-0.2, -0.15) is 0 Å². The number of aliphatic hydroxyl groups excluding tert-OH is 1. The van der Waals surface area contributed by atoms with Gasteiger partial charge in [-0.3, -0.25) is 0 Å². The third-order valence-electron chi connectivity index (χ3n) is 2.15. The SMILES string of the molecule is Cc1ccc(C)c(C(O)CN)c1Br. The molecule has 0 aliphatic carbocycles. The van der Waals surface area contributed by atoms with Gasteiger partial charge in [-0.1, -0.05) is 28.1 Å². The van der Waals surface area contributed by atoms with Crippen molar-refractivity contribution in [2.75, 3.05) is 6.54 Å². The van der Waals surface area contributed by atoms with Crippen molar-refractivity contribution in [2.45, 2.75) is 20.0 Å². The summed E-state index contributed by atoms with van der Waals surface area (Å²) in [7, 11) is 0. The second-order valence-corrected chi connectivity index (χ2v) is 3.97. The molecule has 13 heavy (non-hydrogen) atoms. The van der Waals surface area contributed by atoms with E-state index in [2.05, 4.69) is 15.9 Å². The molecule has 3 heteroatoms. The molecule has 72 valence electrons. The summed E-state index contributed by atoms with van der Waals surface area (Å²) in [4.78, 5) is 0. The zero-order valence-electron chi connectivity index (χ0n) is 7.84. The van der Waals surface area contributed by atoms with Crippen LogP contribution in [-0.2, 0) is 0 Å². The standard InChI is InChI=1S/C10H14BrNO/c1-6-3-4-7(2)10(11)9(6)8(13)5-12/h3-4,8,13H,5,12H2,1-2H3. The molecule has 0 aliphatic heterocycles. The van der Waals surface area contributed by atoms with Gasteiger partial charge >= 0.3 is 0 Å². The minimum atomic E-state index is -0.575. The van der Waals surface area contributed by atoms with E-state index in [0.717, 1.165) is 21.2 Å². The fourth-order valence-corrected chi connectivity index (χ4v) is 2.03. The molecule has 1 aromatic rings. The average molecular weight is 244 g/mol. The Kier molecular flexibility index (Phi) is 3.47. The third-order valence-corrected chi connectivity index (χ3v) is 3.20. The van der Waals surface area contributed by atoms with Crippen molar-refractivity contribution in [2.24, 2.45) is 5.73 Å². The number of halogens is 1. The first-order valence-electron chi connectivity index (χ1n) is 4.21. The highest BCUT2D eigenvalue weighted by molar-refractivity contribution is 9.10. The molecule has 0 aromatic heterocycles. The predicted molar refractivity (Wildman–Crippen MR) is 57.6 cm³/mol. The zero-order valence-corrected chi connectivity index (χ0v) is 9.43. The van der Waals surface area contributed by atoms with Crippen molar-refractivity contribution < 1.29 is 5.11 Å². The quantitative estimate of drug-likeness (QED) is 0.836. The Morgan fingerprint density at radius 3 is 2.46 bits per heavy atom. The number of hydrogen-bond donors (Lipinski definition) is 2. The minimum Gasteiger partial charge on any atom is -0.387 e. The summed E-state index contributed by atoms with van der Waals surface area (Å²) in [5.41, 5.74) is 8.51. The van der Waals surface area contributed by atoms with Crippen molar-refractivity contribution in [3.63, 3.8) is 0 Å². The summed E-state index contributed by atoms with van der Waals surface area (Å²) in [6.45, 7) is 4.22. The lowest BCUT2D eigenvalue weighted by Crippen LogP contribution is -2.13. The fourth-order valence-electron chi connectivity index (χ4n) is 1.33. The van der Waals surface area contributed by atoms with Gasteiger partial charge in [0.25, 0.3) is 0 Å². The summed E-state index contributed by atoms with van der Waals surface area (Å²) in [6.07, 6.45) is -0.575. The number of rotatable bonds is 2. The van der Waals surface area contributed by atoms with E-state index in [4.69, 9.17) is 5.73 Å². The molecule has 0 amide bonds. The molecule has 0 spiro atoms. The lowest BCUT2D eigenvalue weighted by atomic mass is 10.0. The van der Waals surface area contributed by atoms with Crippen molar-refractivity contribution in [1.29, 1.82) is 0 Å². The zero-order chi connectivity index (χ0) is 10.0. The van der Waals surface area contributed by atoms with E-state index < -0.39 is 6.10 Å². The second kappa shape index (κ2) is 4.22. The predicted octanol–water partition coefficient (Wildman–Crippen LogP) is 2.06. The van der Waals surface area contributed by atoms with Gasteiger partial charge in [0, 0.05) is 11.0 Å². The number of aryl methyl sites for hydroxylation is 2. The molecule has 0 fully saturated rings. The number of hydrogen-bond acceptors (Lipinski definition) is 2. The summed E-state index contributed by atoms with van der Waals surface area (Å²) in [5.74, 6) is 0. The number of aliphatic hydroxyl groups is 1. The largest absolute Gasteiger partial charge is 0.387 e. The normalized spacial score (nSPS) is 13.0. The summed E-state index contributed by atoms with van der Waals surface area (Å²) < 4.78 is 0.963. The van der Waals surface area contributed by atoms with Gasteiger partial charge < -0.3 is 10.8 Å². The van der Waals surface area contributed by atoms with Crippen molar-refractivity contribution in [3.8, 4) is 0 Å². The maximum atomic E-state index is 9.66. The fraction of sp³-hybridized carbons (Fsp3) is 0.400. The van der Waals surface area contributed by atoms with Crippen molar-refractivity contribution in [1.82, 2.24) is 0 Å². The first kappa shape index (κ1) is 10.7. The Morgan fingerprint density at radius 1 is 1.38 bits per heavy atom. The van der Waals surface area contributed by atoms with Gasteiger partial charge in [0.1, 0.15) is 0 Å². The van der Waals surface area contributed by atoms with Crippen LogP contribution in [0.1, 0.15) is 22.8 Å². The van der Waals surface area contributed by atoms with Crippen LogP contribution >= 0.6 is 15.9 Å². The molecule has 1 rings (SSSR count). The smallest absolute Gasteiger partial charge is 0.0925 e. The van der Waals surface area contributed by atoms with E-state index in [-0.39, 0.29) is 6.54 Å². The van der Waals surface area contributed by atoms with E-state index in [0.29, 0.717) is 0 Å². The highest BCUT2D eigenvalue weighted by atomic mass is 79.9. The van der Waals surface area contributed by atoms with Crippen LogP contribution in [0.4, 0.5) is 0 Å². The van der Waals surface area contributed by atoms with Crippen LogP contribution in [0.3, 0.4) is 0 Å². The molecule has 1 atom stereocenters. The maximum absolute atomic E-state index is 9.66. The van der Waals surface area contributed by atoms with E-state index in [1.54, 1.807) is 0 Å². The monoisotopic (exact) mass is 243 g/mol. The maximum Gasteiger partial charge on any atom is 0.0925 e. The van der Waals surface area contributed by atoms with Crippen LogP contribution in [0.2, 0.25) is 0 Å². The molecular weight excluding hydrogens is 230 g/mol. The Hall–Kier alpha value is -0.380. The van der Waals surface area contributed by atoms with Gasteiger partial charge in [-0.05, 0) is 30.5 Å². The highest BCUT2D eigenvalue weighted by Crippen LogP contribution is 2.29. The first-order chi connectivity index (χ1) is 6.07. The molecular formula is C10H14BrNO. The molecule has 2 nitrogen and oxygen atoms in total. The van der Waals surface area contributed by atoms with Gasteiger partial charge in [-0.15, -0.1) is 0 Å². The van der Waals surface area contributed by atoms with Crippen LogP contribution in [0.25, 0.3) is 0 Å². The molecule has 1 aromatic carbocycles. The van der Waals surface area contributed by atoms with Crippen LogP contribution < -0.4 is 5.73 Å². The van der Waals surface area contributed by atoms with Gasteiger partial charge in [0.2, 0.25) is 0 Å². The lowest BCUT2D eigenvalue weighted by molar-refractivity contribution is 0.185. The Morgan fingerprint density at radius 2 is 1.92 bits per heavy atom. The van der Waals surface area contributed by atoms with Crippen molar-refractivity contribution >= 4 is 15.9 Å². The van der Waals surface area contributed by atoms with E-state index in [1.807, 2.05) is 26.0 Å². The van der Waals surface area contributed by atoms with Gasteiger partial charge in [0.05, 0.1) is 6.10 Å². The summed E-state index contributed by atoms with van der Waals surface area (Å²) in [5, 5.41) is 9.66. The van der Waals surface area contributed by atoms with E-state index >= 15 is 0 Å². The molecule has 3 N–H and O–H groups in total. The molecule has 0 saturated carbocycles. The Balaban J connectivity index is 3.25. The van der Waals surface area contributed by atoms with Crippen LogP contribution in [0, 0.1) is 13.8 Å². The average Bonchev–Trinajstić information content (AvgIpc) is 2.12. The molecule has 0 bridgehead atoms. The third kappa shape index (κ3) is 2.10. The molecule has 0 heterocycles. The van der Waals surface area contributed by atoms with Crippen LogP contribution in [-0.4, -0.2) is 11.7 Å². The van der Waals surface area contributed by atoms with Crippen LogP contribution in [0.15, 0.2) is 16.6 Å². The molecule has 0 aliphatic rings. The van der Waals surface area contributed by atoms with Crippen molar-refractivity contribution in [3.05, 3.63) is 33.3 Å². The topological polar surface area (TPSA) is 46.2 Å². The van der Waals surface area contributed by atoms with E-state index in [9.17, 15) is 5.11 Å². The Labute approximate surface area is 86.9 Å². The molecule has 1 unspecified atom stereocenters. The minimum absolute atomic E-state index is 0.253. The van der Waals surface area contributed by atoms with Gasteiger partial charge in [0.15, 0.2) is 0 Å². The summed E-state index contributed by atoms with van der Waals surface area (Å²) in [6, 6.07) is 4.01. The second-order valence-electron chi connectivity index (χ2n) is 3.18. The lowest BCUT2D eigenvalue weighted by Gasteiger charge is -2.15. The highest BCUT2D eigenvalue weighted by Gasteiger charge is 2.13. The van der Waals surface area contributed by atoms with Gasteiger partial charge in [-0.25, -0.2) is 0 Å². The van der Waals surface area contributed by atoms with E-state index in [1.165, 1.54) is 0 Å².